The van der Waals surface area contributed by atoms with E-state index in [-0.39, 0.29) is 12.1 Å². The van der Waals surface area contributed by atoms with E-state index in [1.54, 1.807) is 0 Å². The summed E-state index contributed by atoms with van der Waals surface area (Å²) in [6.45, 7) is 3.12. The highest BCUT2D eigenvalue weighted by Gasteiger charge is 2.47. The summed E-state index contributed by atoms with van der Waals surface area (Å²) in [7, 11) is 0. The molecule has 1 atom stereocenters. The van der Waals surface area contributed by atoms with Crippen molar-refractivity contribution in [2.24, 2.45) is 5.41 Å². The van der Waals surface area contributed by atoms with E-state index in [4.69, 9.17) is 9.47 Å². The number of amides is 2. The van der Waals surface area contributed by atoms with Crippen LogP contribution in [-0.2, 0) is 9.47 Å². The normalized spacial score (nSPS) is 32.9. The number of carbonyl (C=O) groups is 1. The maximum atomic E-state index is 12.6. The highest BCUT2D eigenvalue weighted by Crippen LogP contribution is 2.48. The van der Waals surface area contributed by atoms with Crippen molar-refractivity contribution in [2.75, 3.05) is 26.3 Å². The molecule has 22 heavy (non-hydrogen) atoms. The van der Waals surface area contributed by atoms with Gasteiger partial charge < -0.3 is 19.7 Å². The summed E-state index contributed by atoms with van der Waals surface area (Å²) in [5.74, 6) is -0.543. The summed E-state index contributed by atoms with van der Waals surface area (Å²) in [6, 6.07) is 0.0930. The van der Waals surface area contributed by atoms with Gasteiger partial charge in [0.15, 0.2) is 5.79 Å². The fourth-order valence-electron chi connectivity index (χ4n) is 4.71. The minimum absolute atomic E-state index is 0.0100. The van der Waals surface area contributed by atoms with Crippen molar-refractivity contribution >= 4 is 6.03 Å². The van der Waals surface area contributed by atoms with Gasteiger partial charge >= 0.3 is 6.03 Å². The molecule has 0 radical (unpaired) electrons. The number of rotatable bonds is 1. The average Bonchev–Trinajstić information content (AvgIpc) is 2.97. The molecular weight excluding hydrogens is 280 g/mol. The van der Waals surface area contributed by atoms with Crippen LogP contribution in [0.25, 0.3) is 0 Å². The molecule has 2 aliphatic heterocycles. The van der Waals surface area contributed by atoms with Crippen molar-refractivity contribution in [1.29, 1.82) is 0 Å². The molecule has 124 valence electrons. The van der Waals surface area contributed by atoms with Gasteiger partial charge in [-0.1, -0.05) is 12.8 Å². The van der Waals surface area contributed by atoms with Crippen LogP contribution in [-0.4, -0.2) is 49.1 Å². The first-order chi connectivity index (χ1) is 10.7. The van der Waals surface area contributed by atoms with Gasteiger partial charge in [-0.25, -0.2) is 4.79 Å². The Morgan fingerprint density at radius 2 is 1.68 bits per heavy atom. The van der Waals surface area contributed by atoms with Crippen molar-refractivity contribution in [3.63, 3.8) is 0 Å². The van der Waals surface area contributed by atoms with Gasteiger partial charge in [-0.15, -0.1) is 0 Å². The Bertz CT molecular complexity index is 420. The van der Waals surface area contributed by atoms with Gasteiger partial charge in [0, 0.05) is 19.5 Å². The van der Waals surface area contributed by atoms with Crippen LogP contribution in [0.15, 0.2) is 0 Å². The third kappa shape index (κ3) is 2.52. The number of carbonyl (C=O) groups excluding carboxylic acids is 1. The van der Waals surface area contributed by atoms with Gasteiger partial charge in [-0.3, -0.25) is 0 Å². The van der Waals surface area contributed by atoms with E-state index in [1.807, 2.05) is 4.90 Å². The highest BCUT2D eigenvalue weighted by molar-refractivity contribution is 5.74. The standard InChI is InChI=1S/C17H28N2O3/c20-15(19-10-8-16(9-11-19)5-3-6-16)18-14-4-1-2-7-17(14)21-12-13-22-17/h14H,1-13H2,(H,18,20). The van der Waals surface area contributed by atoms with E-state index in [0.717, 1.165) is 38.8 Å². The average molecular weight is 308 g/mol. The first kappa shape index (κ1) is 14.8. The first-order valence-corrected chi connectivity index (χ1v) is 9.05. The predicted molar refractivity (Wildman–Crippen MR) is 82.5 cm³/mol. The van der Waals surface area contributed by atoms with Gasteiger partial charge in [0.25, 0.3) is 0 Å². The number of hydrogen-bond acceptors (Lipinski definition) is 3. The van der Waals surface area contributed by atoms with Crippen molar-refractivity contribution in [3.05, 3.63) is 0 Å². The number of piperidine rings is 1. The van der Waals surface area contributed by atoms with Crippen LogP contribution in [0.3, 0.4) is 0 Å². The lowest BCUT2D eigenvalue weighted by Gasteiger charge is -2.48. The van der Waals surface area contributed by atoms with E-state index in [2.05, 4.69) is 5.32 Å². The van der Waals surface area contributed by atoms with E-state index < -0.39 is 5.79 Å². The molecule has 2 amide bonds. The molecule has 4 aliphatic rings. The number of nitrogens with one attached hydrogen (secondary N) is 1. The summed E-state index contributed by atoms with van der Waals surface area (Å²) in [5.41, 5.74) is 0.584. The minimum Gasteiger partial charge on any atom is -0.346 e. The topological polar surface area (TPSA) is 50.8 Å². The monoisotopic (exact) mass is 308 g/mol. The molecule has 0 bridgehead atoms. The smallest absolute Gasteiger partial charge is 0.317 e. The Labute approximate surface area is 132 Å². The lowest BCUT2D eigenvalue weighted by atomic mass is 9.63. The second kappa shape index (κ2) is 5.68. The van der Waals surface area contributed by atoms with Gasteiger partial charge in [0.2, 0.25) is 0 Å². The third-order valence-corrected chi connectivity index (χ3v) is 6.40. The molecule has 2 saturated heterocycles. The summed E-state index contributed by atoms with van der Waals surface area (Å²) >= 11 is 0. The van der Waals surface area contributed by atoms with Crippen LogP contribution in [0, 0.1) is 5.41 Å². The number of nitrogens with zero attached hydrogens (tertiary/aromatic N) is 1. The van der Waals surface area contributed by atoms with Gasteiger partial charge in [0.1, 0.15) is 0 Å². The predicted octanol–water partition coefficient (Wildman–Crippen LogP) is 2.65. The summed E-state index contributed by atoms with van der Waals surface area (Å²) in [4.78, 5) is 14.6. The lowest BCUT2D eigenvalue weighted by molar-refractivity contribution is -0.193. The van der Waals surface area contributed by atoms with E-state index >= 15 is 0 Å². The van der Waals surface area contributed by atoms with Crippen molar-refractivity contribution in [2.45, 2.75) is 69.6 Å². The highest BCUT2D eigenvalue weighted by atomic mass is 16.7. The third-order valence-electron chi connectivity index (χ3n) is 6.40. The van der Waals surface area contributed by atoms with Gasteiger partial charge in [0.05, 0.1) is 19.3 Å². The Balaban J connectivity index is 1.35. The summed E-state index contributed by atoms with van der Waals surface area (Å²) < 4.78 is 11.8. The molecule has 0 aromatic heterocycles. The van der Waals surface area contributed by atoms with Crippen molar-refractivity contribution < 1.29 is 14.3 Å². The number of ether oxygens (including phenoxy) is 2. The minimum atomic E-state index is -0.543. The quantitative estimate of drug-likeness (QED) is 0.810. The van der Waals surface area contributed by atoms with E-state index in [0.29, 0.717) is 18.6 Å². The first-order valence-electron chi connectivity index (χ1n) is 9.05. The van der Waals surface area contributed by atoms with Gasteiger partial charge in [-0.2, -0.15) is 0 Å². The fourth-order valence-corrected chi connectivity index (χ4v) is 4.71. The number of likely N-dealkylation sites (tertiary alicyclic amines) is 1. The van der Waals surface area contributed by atoms with E-state index in [9.17, 15) is 4.79 Å². The van der Waals surface area contributed by atoms with Crippen LogP contribution in [0.4, 0.5) is 4.79 Å². The number of urea groups is 1. The van der Waals surface area contributed by atoms with Crippen LogP contribution in [0.2, 0.25) is 0 Å². The molecule has 0 aromatic carbocycles. The molecule has 2 saturated carbocycles. The zero-order valence-corrected chi connectivity index (χ0v) is 13.4. The second-order valence-corrected chi connectivity index (χ2v) is 7.60. The molecule has 2 aliphatic carbocycles. The summed E-state index contributed by atoms with van der Waals surface area (Å²) in [6.07, 6.45) is 10.6. The molecule has 1 unspecified atom stereocenters. The Kier molecular flexibility index (Phi) is 3.81. The van der Waals surface area contributed by atoms with Crippen molar-refractivity contribution in [3.8, 4) is 0 Å². The molecule has 5 heteroatoms. The SMILES string of the molecule is O=C(NC1CCCCC12OCCO2)N1CCC2(CCC2)CC1. The largest absolute Gasteiger partial charge is 0.346 e. The molecule has 4 fully saturated rings. The molecule has 2 spiro atoms. The van der Waals surface area contributed by atoms with Crippen LogP contribution in [0.1, 0.15) is 57.8 Å². The van der Waals surface area contributed by atoms with E-state index in [1.165, 1.54) is 32.1 Å². The van der Waals surface area contributed by atoms with Crippen LogP contribution >= 0.6 is 0 Å². The Morgan fingerprint density at radius 3 is 2.32 bits per heavy atom. The Hall–Kier alpha value is -0.810. The molecule has 5 nitrogen and oxygen atoms in total. The zero-order valence-electron chi connectivity index (χ0n) is 13.4. The lowest BCUT2D eigenvalue weighted by Crippen LogP contribution is -2.59. The molecule has 0 aromatic rings. The maximum Gasteiger partial charge on any atom is 0.317 e. The second-order valence-electron chi connectivity index (χ2n) is 7.60. The van der Waals surface area contributed by atoms with Gasteiger partial charge in [-0.05, 0) is 43.9 Å². The molecule has 1 N–H and O–H groups in total. The molecule has 2 heterocycles. The molecule has 4 rings (SSSR count). The number of hydrogen-bond donors (Lipinski definition) is 1. The molecular formula is C17H28N2O3. The summed E-state index contributed by atoms with van der Waals surface area (Å²) in [5, 5.41) is 3.22. The van der Waals surface area contributed by atoms with Crippen LogP contribution in [0.5, 0.6) is 0 Å². The maximum absolute atomic E-state index is 12.6. The fraction of sp³-hybridized carbons (Fsp3) is 0.941. The zero-order chi connectivity index (χ0) is 15.0. The van der Waals surface area contributed by atoms with Crippen molar-refractivity contribution in [1.82, 2.24) is 10.2 Å². The Morgan fingerprint density at radius 1 is 0.955 bits per heavy atom. The van der Waals surface area contributed by atoms with Crippen LogP contribution < -0.4 is 5.32 Å².